The minimum Gasteiger partial charge on any atom is -0.312 e. The maximum atomic E-state index is 11.5. The van der Waals surface area contributed by atoms with Crippen molar-refractivity contribution in [1.82, 2.24) is 10.3 Å². The summed E-state index contributed by atoms with van der Waals surface area (Å²) in [4.78, 5) is 4.08. The molecule has 0 aromatic carbocycles. The first-order valence-corrected chi connectivity index (χ1v) is 7.09. The van der Waals surface area contributed by atoms with Crippen LogP contribution in [0.4, 0.5) is 0 Å². The monoisotopic (exact) mass is 242 g/mol. The number of hydrogen-bond acceptors (Lipinski definition) is 4. The maximum absolute atomic E-state index is 11.5. The molecule has 0 aliphatic carbocycles. The van der Waals surface area contributed by atoms with Gasteiger partial charge in [-0.25, -0.2) is 8.42 Å². The second-order valence-electron chi connectivity index (χ2n) is 4.10. The van der Waals surface area contributed by atoms with Gasteiger partial charge >= 0.3 is 0 Å². The smallest absolute Gasteiger partial charge is 0.151 e. The van der Waals surface area contributed by atoms with Gasteiger partial charge in [0.1, 0.15) is 0 Å². The molecule has 0 aliphatic rings. The molecular weight excluding hydrogens is 224 g/mol. The molecule has 90 valence electrons. The Bertz CT molecular complexity index is 457. The van der Waals surface area contributed by atoms with Crippen LogP contribution in [0.3, 0.4) is 0 Å². The van der Waals surface area contributed by atoms with E-state index in [1.165, 1.54) is 6.26 Å². The summed E-state index contributed by atoms with van der Waals surface area (Å²) in [6, 6.07) is 1.73. The predicted molar refractivity (Wildman–Crippen MR) is 65.1 cm³/mol. The summed E-state index contributed by atoms with van der Waals surface area (Å²) in [5.74, 6) is 0. The third kappa shape index (κ3) is 3.02. The van der Waals surface area contributed by atoms with Crippen LogP contribution in [0, 0.1) is 6.92 Å². The van der Waals surface area contributed by atoms with E-state index < -0.39 is 15.1 Å². The number of aryl methyl sites for hydroxylation is 1. The summed E-state index contributed by atoms with van der Waals surface area (Å²) in [5.41, 5.74) is 1.93. The summed E-state index contributed by atoms with van der Waals surface area (Å²) >= 11 is 0. The molecule has 1 aromatic heterocycles. The molecule has 0 amide bonds. The van der Waals surface area contributed by atoms with Crippen LogP contribution in [0.25, 0.3) is 0 Å². The van der Waals surface area contributed by atoms with Gasteiger partial charge in [0, 0.05) is 24.7 Å². The second-order valence-corrected chi connectivity index (χ2v) is 6.50. The van der Waals surface area contributed by atoms with E-state index in [1.54, 1.807) is 26.4 Å². The van der Waals surface area contributed by atoms with E-state index >= 15 is 0 Å². The second kappa shape index (κ2) is 4.93. The first kappa shape index (κ1) is 13.1. The largest absolute Gasteiger partial charge is 0.312 e. The van der Waals surface area contributed by atoms with E-state index in [1.807, 2.05) is 13.0 Å². The van der Waals surface area contributed by atoms with Crippen LogP contribution in [0.2, 0.25) is 0 Å². The van der Waals surface area contributed by atoms with Crippen molar-refractivity contribution in [2.45, 2.75) is 25.1 Å². The van der Waals surface area contributed by atoms with Gasteiger partial charge in [0.05, 0.1) is 5.25 Å². The lowest BCUT2D eigenvalue weighted by atomic mass is 10.1. The van der Waals surface area contributed by atoms with Crippen LogP contribution < -0.4 is 5.32 Å². The number of pyridine rings is 1. The summed E-state index contributed by atoms with van der Waals surface area (Å²) in [5, 5.41) is 2.56. The van der Waals surface area contributed by atoms with Crippen LogP contribution in [-0.2, 0) is 9.84 Å². The highest BCUT2D eigenvalue weighted by Gasteiger charge is 2.26. The fourth-order valence-electron chi connectivity index (χ4n) is 1.67. The lowest BCUT2D eigenvalue weighted by molar-refractivity contribution is 0.534. The van der Waals surface area contributed by atoms with Crippen molar-refractivity contribution in [3.05, 3.63) is 29.6 Å². The van der Waals surface area contributed by atoms with Gasteiger partial charge in [0.15, 0.2) is 9.84 Å². The molecule has 4 nitrogen and oxygen atoms in total. The Hall–Kier alpha value is -0.940. The van der Waals surface area contributed by atoms with Gasteiger partial charge in [-0.2, -0.15) is 0 Å². The Morgan fingerprint density at radius 3 is 2.44 bits per heavy atom. The van der Waals surface area contributed by atoms with Crippen LogP contribution in [0.5, 0.6) is 0 Å². The zero-order valence-electron chi connectivity index (χ0n) is 10.1. The van der Waals surface area contributed by atoms with Crippen molar-refractivity contribution in [1.29, 1.82) is 0 Å². The van der Waals surface area contributed by atoms with Crippen molar-refractivity contribution >= 4 is 9.84 Å². The Labute approximate surface area is 97.0 Å². The molecule has 16 heavy (non-hydrogen) atoms. The predicted octanol–water partition coefficient (Wildman–Crippen LogP) is 1.08. The molecule has 0 aliphatic heterocycles. The quantitative estimate of drug-likeness (QED) is 0.858. The normalized spacial score (nSPS) is 15.8. The Morgan fingerprint density at radius 2 is 2.00 bits per heavy atom. The molecule has 0 saturated heterocycles. The number of nitrogens with zero attached hydrogens (tertiary/aromatic N) is 1. The first-order chi connectivity index (χ1) is 7.36. The van der Waals surface area contributed by atoms with Gasteiger partial charge < -0.3 is 5.32 Å². The van der Waals surface area contributed by atoms with Crippen molar-refractivity contribution in [2.75, 3.05) is 13.3 Å². The van der Waals surface area contributed by atoms with Gasteiger partial charge in [-0.1, -0.05) is 6.07 Å². The molecular formula is C11H18N2O2S. The average molecular weight is 242 g/mol. The number of nitrogens with one attached hydrogen (secondary N) is 1. The van der Waals surface area contributed by atoms with Gasteiger partial charge in [0.25, 0.3) is 0 Å². The van der Waals surface area contributed by atoms with Gasteiger partial charge in [-0.15, -0.1) is 0 Å². The molecule has 1 heterocycles. The van der Waals surface area contributed by atoms with Gasteiger partial charge in [-0.05, 0) is 32.0 Å². The average Bonchev–Trinajstić information content (AvgIpc) is 2.17. The topological polar surface area (TPSA) is 59.1 Å². The molecule has 1 N–H and O–H groups in total. The van der Waals surface area contributed by atoms with Crippen LogP contribution in [0.1, 0.15) is 24.1 Å². The zero-order chi connectivity index (χ0) is 12.3. The van der Waals surface area contributed by atoms with E-state index in [-0.39, 0.29) is 6.04 Å². The molecule has 0 fully saturated rings. The molecule has 0 bridgehead atoms. The number of rotatable bonds is 4. The number of aromatic nitrogens is 1. The van der Waals surface area contributed by atoms with Gasteiger partial charge in [0.2, 0.25) is 0 Å². The maximum Gasteiger partial charge on any atom is 0.151 e. The third-order valence-corrected chi connectivity index (χ3v) is 4.33. The fourth-order valence-corrected chi connectivity index (χ4v) is 2.46. The first-order valence-electron chi connectivity index (χ1n) is 5.14. The van der Waals surface area contributed by atoms with Crippen LogP contribution >= 0.6 is 0 Å². The van der Waals surface area contributed by atoms with Crippen molar-refractivity contribution in [3.8, 4) is 0 Å². The zero-order valence-corrected chi connectivity index (χ0v) is 10.9. The Balaban J connectivity index is 3.08. The molecule has 0 radical (unpaired) electrons. The molecule has 2 unspecified atom stereocenters. The Kier molecular flexibility index (Phi) is 4.04. The Morgan fingerprint density at radius 1 is 1.38 bits per heavy atom. The van der Waals surface area contributed by atoms with Gasteiger partial charge in [-0.3, -0.25) is 4.98 Å². The molecule has 2 atom stereocenters. The lowest BCUT2D eigenvalue weighted by Crippen LogP contribution is -2.33. The minimum atomic E-state index is -3.07. The summed E-state index contributed by atoms with van der Waals surface area (Å²) < 4.78 is 23.1. The van der Waals surface area contributed by atoms with E-state index in [0.717, 1.165) is 11.1 Å². The highest BCUT2D eigenvalue weighted by Crippen LogP contribution is 2.21. The van der Waals surface area contributed by atoms with Crippen LogP contribution in [0.15, 0.2) is 18.5 Å². The molecule has 1 aromatic rings. The van der Waals surface area contributed by atoms with E-state index in [2.05, 4.69) is 10.3 Å². The summed E-state index contributed by atoms with van der Waals surface area (Å²) in [6.07, 6.45) is 4.71. The third-order valence-electron chi connectivity index (χ3n) is 2.71. The molecule has 5 heteroatoms. The van der Waals surface area contributed by atoms with Crippen molar-refractivity contribution in [2.24, 2.45) is 0 Å². The number of sulfone groups is 1. The summed E-state index contributed by atoms with van der Waals surface area (Å²) in [7, 11) is -1.31. The SMILES string of the molecule is CNC(c1cncc(C)c1)C(C)S(C)(=O)=O. The lowest BCUT2D eigenvalue weighted by Gasteiger charge is -2.22. The fraction of sp³-hybridized carbons (Fsp3) is 0.545. The van der Waals surface area contributed by atoms with E-state index in [4.69, 9.17) is 0 Å². The van der Waals surface area contributed by atoms with Crippen molar-refractivity contribution < 1.29 is 8.42 Å². The summed E-state index contributed by atoms with van der Waals surface area (Å²) in [6.45, 7) is 3.65. The van der Waals surface area contributed by atoms with E-state index in [0.29, 0.717) is 0 Å². The van der Waals surface area contributed by atoms with Crippen molar-refractivity contribution in [3.63, 3.8) is 0 Å². The molecule has 1 rings (SSSR count). The van der Waals surface area contributed by atoms with Crippen LogP contribution in [-0.4, -0.2) is 32.0 Å². The molecule has 0 saturated carbocycles. The standard InChI is InChI=1S/C11H18N2O2S/c1-8-5-10(7-13-6-8)11(12-3)9(2)16(4,14)15/h5-7,9,11-12H,1-4H3. The molecule has 0 spiro atoms. The highest BCUT2D eigenvalue weighted by molar-refractivity contribution is 7.91. The van der Waals surface area contributed by atoms with E-state index in [9.17, 15) is 8.42 Å². The highest BCUT2D eigenvalue weighted by atomic mass is 32.2. The minimum absolute atomic E-state index is 0.220. The number of hydrogen-bond donors (Lipinski definition) is 1.